The molecule has 2 aliphatic rings. The van der Waals surface area contributed by atoms with Crippen LogP contribution in [0.4, 0.5) is 8.78 Å². The summed E-state index contributed by atoms with van der Waals surface area (Å²) in [5.74, 6) is -1.51. The van der Waals surface area contributed by atoms with Crippen molar-refractivity contribution in [3.8, 4) is 11.5 Å². The fraction of sp³-hybridized carbons (Fsp3) is 0.161. The van der Waals surface area contributed by atoms with E-state index < -0.39 is 29.0 Å². The molecule has 0 saturated carbocycles. The molecule has 0 radical (unpaired) electrons. The maximum Gasteiger partial charge on any atom is 0.278 e. The first-order chi connectivity index (χ1) is 19.5. The molecule has 7 nitrogen and oxygen atoms in total. The zero-order valence-corrected chi connectivity index (χ0v) is 21.4. The van der Waals surface area contributed by atoms with Gasteiger partial charge >= 0.3 is 0 Å². The number of hydrogen-bond acceptors (Lipinski definition) is 5. The monoisotopic (exact) mass is 541 g/mol. The number of aromatic nitrogens is 1. The molecule has 0 saturated heterocycles. The third-order valence-electron chi connectivity index (χ3n) is 6.91. The Balaban J connectivity index is 1.57. The Labute approximate surface area is 229 Å². The van der Waals surface area contributed by atoms with E-state index in [2.05, 4.69) is 0 Å². The first-order valence-electron chi connectivity index (χ1n) is 12.8. The minimum absolute atomic E-state index is 0.0231. The van der Waals surface area contributed by atoms with Crippen molar-refractivity contribution in [2.75, 3.05) is 24.8 Å². The Kier molecular flexibility index (Phi) is 6.77. The average molecular weight is 542 g/mol. The predicted molar refractivity (Wildman–Crippen MR) is 145 cm³/mol. The smallest absolute Gasteiger partial charge is 0.278 e. The molecule has 0 aliphatic carbocycles. The Bertz CT molecular complexity index is 1650. The van der Waals surface area contributed by atoms with Crippen molar-refractivity contribution in [2.24, 2.45) is 0 Å². The number of carbonyl (C=O) groups is 1. The number of amides is 1. The van der Waals surface area contributed by atoms with E-state index >= 15 is 4.39 Å². The highest BCUT2D eigenvalue weighted by Gasteiger charge is 2.38. The van der Waals surface area contributed by atoms with Gasteiger partial charge in [0.05, 0.1) is 0 Å². The summed E-state index contributed by atoms with van der Waals surface area (Å²) < 4.78 is 43.1. The molecule has 0 fully saturated rings. The summed E-state index contributed by atoms with van der Waals surface area (Å²) in [6, 6.07) is 20.4. The molecule has 9 heteroatoms. The lowest BCUT2D eigenvalue weighted by atomic mass is 9.96. The quantitative estimate of drug-likeness (QED) is 0.348. The van der Waals surface area contributed by atoms with Gasteiger partial charge in [-0.3, -0.25) is 19.3 Å². The highest BCUT2D eigenvalue weighted by Crippen LogP contribution is 2.38. The van der Waals surface area contributed by atoms with E-state index in [0.717, 1.165) is 5.56 Å². The summed E-state index contributed by atoms with van der Waals surface area (Å²) in [5.41, 5.74) is 1.35. The number of pyridine rings is 1. The molecule has 2 bridgehead atoms. The van der Waals surface area contributed by atoms with Gasteiger partial charge in [0.25, 0.3) is 5.91 Å². The largest absolute Gasteiger partial charge is 0.486 e. The van der Waals surface area contributed by atoms with Crippen molar-refractivity contribution in [2.45, 2.75) is 12.6 Å². The van der Waals surface area contributed by atoms with Gasteiger partial charge in [0, 0.05) is 24.4 Å². The number of fused-ring (bicyclic) bond motifs is 5. The van der Waals surface area contributed by atoms with E-state index in [-0.39, 0.29) is 43.6 Å². The van der Waals surface area contributed by atoms with Gasteiger partial charge in [0.1, 0.15) is 31.7 Å². The van der Waals surface area contributed by atoms with Gasteiger partial charge in [0.2, 0.25) is 5.43 Å². The Hall–Kier alpha value is -4.92. The predicted octanol–water partition coefficient (Wildman–Crippen LogP) is 4.80. The van der Waals surface area contributed by atoms with Crippen molar-refractivity contribution < 1.29 is 23.0 Å². The second-order valence-corrected chi connectivity index (χ2v) is 9.48. The van der Waals surface area contributed by atoms with Crippen LogP contribution in [0.3, 0.4) is 0 Å². The van der Waals surface area contributed by atoms with Crippen LogP contribution in [0.15, 0.2) is 102 Å². The molecule has 1 amide bonds. The van der Waals surface area contributed by atoms with E-state index in [0.29, 0.717) is 11.1 Å². The Morgan fingerprint density at radius 1 is 0.925 bits per heavy atom. The fourth-order valence-corrected chi connectivity index (χ4v) is 5.07. The topological polar surface area (TPSA) is 64.0 Å². The molecule has 3 aromatic carbocycles. The van der Waals surface area contributed by atoms with E-state index in [1.54, 1.807) is 51.0 Å². The van der Waals surface area contributed by atoms with Crippen molar-refractivity contribution in [3.63, 3.8) is 0 Å². The summed E-state index contributed by atoms with van der Waals surface area (Å²) in [4.78, 5) is 28.5. The van der Waals surface area contributed by atoms with Crippen molar-refractivity contribution in [1.29, 1.82) is 0 Å². The summed E-state index contributed by atoms with van der Waals surface area (Å²) in [6.07, 6.45) is 4.94. The summed E-state index contributed by atoms with van der Waals surface area (Å²) >= 11 is 0. The fourth-order valence-electron chi connectivity index (χ4n) is 5.07. The number of halogens is 2. The first-order valence-corrected chi connectivity index (χ1v) is 12.8. The minimum atomic E-state index is -0.793. The minimum Gasteiger partial charge on any atom is -0.486 e. The number of carbonyl (C=O) groups excluding carboxylic acids is 1. The number of para-hydroxylation sites is 1. The first kappa shape index (κ1) is 25.4. The van der Waals surface area contributed by atoms with Crippen LogP contribution >= 0.6 is 0 Å². The molecule has 1 atom stereocenters. The lowest BCUT2D eigenvalue weighted by Gasteiger charge is -2.44. The second-order valence-electron chi connectivity index (χ2n) is 9.48. The van der Waals surface area contributed by atoms with E-state index in [4.69, 9.17) is 9.47 Å². The summed E-state index contributed by atoms with van der Waals surface area (Å²) in [7, 11) is 0. The normalized spacial score (nSPS) is 17.2. The second kappa shape index (κ2) is 10.7. The molecule has 2 aliphatic heterocycles. The van der Waals surface area contributed by atoms with E-state index in [9.17, 15) is 14.0 Å². The highest BCUT2D eigenvalue weighted by atomic mass is 19.1. The lowest BCUT2D eigenvalue weighted by molar-refractivity contribution is 0.0698. The summed E-state index contributed by atoms with van der Waals surface area (Å²) in [6.45, 7) is 0.417. The molecule has 6 rings (SSSR count). The SMILES string of the molecule is O=C1c2c(OCc3ccccc3)c(=O)ccn2N2CN1C/C=C\COc1c(F)cccc1[C@H]2c1cccc(F)c1. The van der Waals surface area contributed by atoms with E-state index in [1.807, 2.05) is 30.3 Å². The number of ether oxygens (including phenoxy) is 2. The number of hydrogen-bond donors (Lipinski definition) is 0. The molecule has 40 heavy (non-hydrogen) atoms. The van der Waals surface area contributed by atoms with Crippen LogP contribution in [0.2, 0.25) is 0 Å². The van der Waals surface area contributed by atoms with Gasteiger partial charge in [-0.15, -0.1) is 0 Å². The van der Waals surface area contributed by atoms with E-state index in [1.165, 1.54) is 30.5 Å². The van der Waals surface area contributed by atoms with Gasteiger partial charge in [-0.2, -0.15) is 0 Å². The van der Waals surface area contributed by atoms with Crippen molar-refractivity contribution in [3.05, 3.63) is 141 Å². The highest BCUT2D eigenvalue weighted by molar-refractivity contribution is 5.96. The van der Waals surface area contributed by atoms with Crippen LogP contribution in [0.5, 0.6) is 11.5 Å². The van der Waals surface area contributed by atoms with Gasteiger partial charge in [-0.1, -0.05) is 60.7 Å². The number of benzene rings is 3. The molecule has 4 aromatic rings. The molecular weight excluding hydrogens is 516 g/mol. The Morgan fingerprint density at radius 2 is 1.75 bits per heavy atom. The van der Waals surface area contributed by atoms with Crippen LogP contribution in [-0.4, -0.2) is 35.3 Å². The standard InChI is InChI=1S/C31H25F2N3O4/c32-23-11-6-10-22(18-23)27-24-12-7-13-25(33)29(24)39-17-5-4-15-34-20-36(27)35-16-14-26(37)30(28(35)31(34)38)40-19-21-8-2-1-3-9-21/h1-14,16,18,27H,15,17,19-20H2/b5-4-/t27-/m1/s1. The maximum atomic E-state index is 15.2. The van der Waals surface area contributed by atoms with Crippen LogP contribution in [0, 0.1) is 11.6 Å². The van der Waals surface area contributed by atoms with Gasteiger partial charge < -0.3 is 14.4 Å². The average Bonchev–Trinajstić information content (AvgIpc) is 2.99. The maximum absolute atomic E-state index is 15.2. The van der Waals surface area contributed by atoms with Crippen molar-refractivity contribution in [1.82, 2.24) is 9.58 Å². The summed E-state index contributed by atoms with van der Waals surface area (Å²) in [5, 5.41) is 1.78. The van der Waals surface area contributed by atoms with Gasteiger partial charge in [0.15, 0.2) is 23.0 Å². The third kappa shape index (κ3) is 4.70. The molecule has 0 N–H and O–H groups in total. The molecule has 202 valence electrons. The van der Waals surface area contributed by atoms with Crippen LogP contribution in [0.1, 0.15) is 33.2 Å². The zero-order chi connectivity index (χ0) is 27.6. The molecule has 0 unspecified atom stereocenters. The molecular formula is C31H25F2N3O4. The van der Waals surface area contributed by atoms with Crippen molar-refractivity contribution >= 4 is 5.91 Å². The Morgan fingerprint density at radius 3 is 2.58 bits per heavy atom. The molecule has 3 heterocycles. The molecule has 1 aromatic heterocycles. The lowest BCUT2D eigenvalue weighted by Crippen LogP contribution is -2.55. The molecule has 0 spiro atoms. The van der Waals surface area contributed by atoms with Gasteiger partial charge in [-0.25, -0.2) is 8.78 Å². The number of rotatable bonds is 4. The van der Waals surface area contributed by atoms with Crippen LogP contribution in [0.25, 0.3) is 0 Å². The third-order valence-corrected chi connectivity index (χ3v) is 6.91. The van der Waals surface area contributed by atoms with Crippen LogP contribution < -0.4 is 19.9 Å². The number of nitrogens with zero attached hydrogens (tertiary/aromatic N) is 3. The van der Waals surface area contributed by atoms with Gasteiger partial charge in [-0.05, 0) is 35.4 Å². The zero-order valence-electron chi connectivity index (χ0n) is 21.4. The van der Waals surface area contributed by atoms with Crippen LogP contribution in [-0.2, 0) is 6.61 Å².